The van der Waals surface area contributed by atoms with E-state index in [1.807, 2.05) is 6.92 Å². The molecule has 84 valence electrons. The van der Waals surface area contributed by atoms with E-state index in [4.69, 9.17) is 10.8 Å². The van der Waals surface area contributed by atoms with E-state index in [2.05, 4.69) is 5.32 Å². The topological polar surface area (TPSA) is 75.4 Å². The zero-order chi connectivity index (χ0) is 10.8. The Kier molecular flexibility index (Phi) is 8.57. The molecule has 0 aliphatic carbocycles. The number of unbranched alkanes of at least 4 members (excludes halogenated alkanes) is 2. The normalized spacial score (nSPS) is 12.5. The van der Waals surface area contributed by atoms with Crippen LogP contribution in [0.5, 0.6) is 0 Å². The van der Waals surface area contributed by atoms with Gasteiger partial charge in [0, 0.05) is 25.6 Å². The zero-order valence-electron chi connectivity index (χ0n) is 8.96. The number of hydrogen-bond donors (Lipinski definition) is 3. The maximum absolute atomic E-state index is 11.4. The molecule has 1 atom stereocenters. The van der Waals surface area contributed by atoms with Crippen LogP contribution in [0.1, 0.15) is 32.6 Å². The summed E-state index contributed by atoms with van der Waals surface area (Å²) in [6, 6.07) is 0. The Morgan fingerprint density at radius 1 is 1.43 bits per heavy atom. The first kappa shape index (κ1) is 13.4. The standard InChI is InChI=1S/C10H22N2O2/c1-2-9(8-11)10(14)12-6-4-3-5-7-13/h9,13H,2-8,11H2,1H3,(H,12,14). The summed E-state index contributed by atoms with van der Waals surface area (Å²) < 4.78 is 0. The Morgan fingerprint density at radius 3 is 2.64 bits per heavy atom. The lowest BCUT2D eigenvalue weighted by Gasteiger charge is -2.12. The molecule has 0 fully saturated rings. The molecular weight excluding hydrogens is 180 g/mol. The lowest BCUT2D eigenvalue weighted by atomic mass is 10.1. The largest absolute Gasteiger partial charge is 0.396 e. The second-order valence-corrected chi connectivity index (χ2v) is 3.42. The Bertz CT molecular complexity index is 147. The number of nitrogens with two attached hydrogens (primary N) is 1. The number of carbonyl (C=O) groups is 1. The summed E-state index contributed by atoms with van der Waals surface area (Å²) in [5, 5.41) is 11.4. The Morgan fingerprint density at radius 2 is 2.14 bits per heavy atom. The van der Waals surface area contributed by atoms with Gasteiger partial charge in [-0.15, -0.1) is 0 Å². The molecule has 0 aliphatic rings. The third-order valence-corrected chi connectivity index (χ3v) is 2.28. The lowest BCUT2D eigenvalue weighted by Crippen LogP contribution is -2.35. The zero-order valence-corrected chi connectivity index (χ0v) is 8.96. The fourth-order valence-corrected chi connectivity index (χ4v) is 1.23. The van der Waals surface area contributed by atoms with Crippen molar-refractivity contribution in [3.05, 3.63) is 0 Å². The maximum Gasteiger partial charge on any atom is 0.224 e. The van der Waals surface area contributed by atoms with Gasteiger partial charge in [-0.3, -0.25) is 4.79 Å². The number of aliphatic hydroxyl groups excluding tert-OH is 1. The van der Waals surface area contributed by atoms with Crippen molar-refractivity contribution in [2.24, 2.45) is 11.7 Å². The highest BCUT2D eigenvalue weighted by molar-refractivity contribution is 5.78. The van der Waals surface area contributed by atoms with Gasteiger partial charge in [-0.05, 0) is 25.7 Å². The minimum absolute atomic E-state index is 0.0483. The third kappa shape index (κ3) is 5.94. The molecule has 0 aromatic rings. The number of nitrogens with one attached hydrogen (secondary N) is 1. The highest BCUT2D eigenvalue weighted by Gasteiger charge is 2.12. The molecule has 0 saturated carbocycles. The van der Waals surface area contributed by atoms with E-state index < -0.39 is 0 Å². The molecule has 4 nitrogen and oxygen atoms in total. The summed E-state index contributed by atoms with van der Waals surface area (Å²) in [6.45, 7) is 3.30. The van der Waals surface area contributed by atoms with Gasteiger partial charge in [0.1, 0.15) is 0 Å². The van der Waals surface area contributed by atoms with Crippen LogP contribution in [0.2, 0.25) is 0 Å². The molecule has 4 heteroatoms. The minimum atomic E-state index is -0.0483. The second kappa shape index (κ2) is 8.97. The van der Waals surface area contributed by atoms with Crippen molar-refractivity contribution in [3.8, 4) is 0 Å². The van der Waals surface area contributed by atoms with Gasteiger partial charge < -0.3 is 16.2 Å². The molecular formula is C10H22N2O2. The molecule has 14 heavy (non-hydrogen) atoms. The molecule has 0 aromatic heterocycles. The number of amides is 1. The van der Waals surface area contributed by atoms with E-state index in [1.54, 1.807) is 0 Å². The molecule has 0 heterocycles. The van der Waals surface area contributed by atoms with Gasteiger partial charge in [-0.1, -0.05) is 6.92 Å². The smallest absolute Gasteiger partial charge is 0.224 e. The summed E-state index contributed by atoms with van der Waals surface area (Å²) in [5.41, 5.74) is 5.44. The molecule has 0 bridgehead atoms. The first-order valence-corrected chi connectivity index (χ1v) is 5.34. The van der Waals surface area contributed by atoms with E-state index in [0.717, 1.165) is 25.7 Å². The number of rotatable bonds is 8. The van der Waals surface area contributed by atoms with Crippen molar-refractivity contribution in [1.82, 2.24) is 5.32 Å². The van der Waals surface area contributed by atoms with Crippen LogP contribution in [-0.4, -0.2) is 30.7 Å². The molecule has 1 unspecified atom stereocenters. The van der Waals surface area contributed by atoms with Crippen LogP contribution in [0.15, 0.2) is 0 Å². The average Bonchev–Trinajstić information content (AvgIpc) is 2.19. The van der Waals surface area contributed by atoms with Gasteiger partial charge in [0.25, 0.3) is 0 Å². The average molecular weight is 202 g/mol. The summed E-state index contributed by atoms with van der Waals surface area (Å²) in [7, 11) is 0. The predicted octanol–water partition coefficient (Wildman–Crippen LogP) is 0.250. The number of hydrogen-bond acceptors (Lipinski definition) is 3. The van der Waals surface area contributed by atoms with Crippen molar-refractivity contribution in [1.29, 1.82) is 0 Å². The Labute approximate surface area is 85.9 Å². The van der Waals surface area contributed by atoms with Gasteiger partial charge in [-0.2, -0.15) is 0 Å². The quantitative estimate of drug-likeness (QED) is 0.494. The van der Waals surface area contributed by atoms with E-state index >= 15 is 0 Å². The summed E-state index contributed by atoms with van der Waals surface area (Å²) >= 11 is 0. The van der Waals surface area contributed by atoms with Crippen LogP contribution in [0.3, 0.4) is 0 Å². The van der Waals surface area contributed by atoms with Crippen LogP contribution in [0.4, 0.5) is 0 Å². The fraction of sp³-hybridized carbons (Fsp3) is 0.900. The predicted molar refractivity (Wildman–Crippen MR) is 56.8 cm³/mol. The highest BCUT2D eigenvalue weighted by Crippen LogP contribution is 2.00. The summed E-state index contributed by atoms with van der Waals surface area (Å²) in [4.78, 5) is 11.4. The van der Waals surface area contributed by atoms with E-state index in [9.17, 15) is 4.79 Å². The van der Waals surface area contributed by atoms with Crippen molar-refractivity contribution in [2.45, 2.75) is 32.6 Å². The highest BCUT2D eigenvalue weighted by atomic mass is 16.2. The molecule has 0 aromatic carbocycles. The fourth-order valence-electron chi connectivity index (χ4n) is 1.23. The van der Waals surface area contributed by atoms with Crippen molar-refractivity contribution in [3.63, 3.8) is 0 Å². The molecule has 4 N–H and O–H groups in total. The first-order valence-electron chi connectivity index (χ1n) is 5.34. The second-order valence-electron chi connectivity index (χ2n) is 3.42. The van der Waals surface area contributed by atoms with Crippen molar-refractivity contribution < 1.29 is 9.90 Å². The number of aliphatic hydroxyl groups is 1. The maximum atomic E-state index is 11.4. The van der Waals surface area contributed by atoms with Gasteiger partial charge in [0.2, 0.25) is 5.91 Å². The first-order chi connectivity index (χ1) is 6.76. The molecule has 0 spiro atoms. The van der Waals surface area contributed by atoms with Crippen LogP contribution >= 0.6 is 0 Å². The van der Waals surface area contributed by atoms with Gasteiger partial charge in [0.15, 0.2) is 0 Å². The summed E-state index contributed by atoms with van der Waals surface area (Å²) in [5.74, 6) is 0.00633. The van der Waals surface area contributed by atoms with Crippen molar-refractivity contribution in [2.75, 3.05) is 19.7 Å². The monoisotopic (exact) mass is 202 g/mol. The van der Waals surface area contributed by atoms with E-state index in [1.165, 1.54) is 0 Å². The lowest BCUT2D eigenvalue weighted by molar-refractivity contribution is -0.124. The minimum Gasteiger partial charge on any atom is -0.396 e. The van der Waals surface area contributed by atoms with Gasteiger partial charge >= 0.3 is 0 Å². The molecule has 0 saturated heterocycles. The van der Waals surface area contributed by atoms with Crippen molar-refractivity contribution >= 4 is 5.91 Å². The Balaban J connectivity index is 3.43. The molecule has 1 amide bonds. The Hall–Kier alpha value is -0.610. The SMILES string of the molecule is CCC(CN)C(=O)NCCCCCO. The van der Waals surface area contributed by atoms with Gasteiger partial charge in [-0.25, -0.2) is 0 Å². The number of carbonyl (C=O) groups excluding carboxylic acids is 1. The molecule has 0 radical (unpaired) electrons. The van der Waals surface area contributed by atoms with E-state index in [0.29, 0.717) is 13.1 Å². The molecule has 0 aliphatic heterocycles. The molecule has 0 rings (SSSR count). The van der Waals surface area contributed by atoms with E-state index in [-0.39, 0.29) is 18.4 Å². The third-order valence-electron chi connectivity index (χ3n) is 2.28. The van der Waals surface area contributed by atoms with Gasteiger partial charge in [0.05, 0.1) is 0 Å². The van der Waals surface area contributed by atoms with Crippen LogP contribution < -0.4 is 11.1 Å². The van der Waals surface area contributed by atoms with Crippen LogP contribution in [0.25, 0.3) is 0 Å². The van der Waals surface area contributed by atoms with Crippen LogP contribution in [0, 0.1) is 5.92 Å². The van der Waals surface area contributed by atoms with Crippen LogP contribution in [-0.2, 0) is 4.79 Å². The summed E-state index contributed by atoms with van der Waals surface area (Å²) in [6.07, 6.45) is 3.48.